The summed E-state index contributed by atoms with van der Waals surface area (Å²) in [5.41, 5.74) is 11.3. The molecule has 0 heterocycles. The highest BCUT2D eigenvalue weighted by molar-refractivity contribution is 6.34. The Bertz CT molecular complexity index is 278. The minimum atomic E-state index is -1.25. The van der Waals surface area contributed by atoms with Crippen molar-refractivity contribution < 1.29 is 14.7 Å². The van der Waals surface area contributed by atoms with Crippen LogP contribution >= 0.6 is 0 Å². The number of aliphatic carboxylic acids is 1. The van der Waals surface area contributed by atoms with E-state index in [9.17, 15) is 9.59 Å². The third-order valence-electron chi connectivity index (χ3n) is 0.859. The standard InChI is InChI=1S/C5H9N5O3/c1-2(3(11)12)9-10-5(13)8-4(6)7/h1H3,(H,11,12)(H5,6,7,8,10,13)/b9-2+. The van der Waals surface area contributed by atoms with Crippen LogP contribution in [0, 0.1) is 0 Å². The molecule has 0 saturated heterocycles. The molecule has 0 saturated carbocycles. The normalized spacial score (nSPS) is 10.4. The number of nitrogens with zero attached hydrogens (tertiary/aromatic N) is 2. The second kappa shape index (κ2) is 4.70. The number of carboxylic acids is 1. The Morgan fingerprint density at radius 1 is 1.38 bits per heavy atom. The fourth-order valence-corrected chi connectivity index (χ4v) is 0.322. The summed E-state index contributed by atoms with van der Waals surface area (Å²) in [6.45, 7) is 1.21. The van der Waals surface area contributed by atoms with Gasteiger partial charge in [0.15, 0.2) is 5.96 Å². The lowest BCUT2D eigenvalue weighted by Crippen LogP contribution is -2.27. The van der Waals surface area contributed by atoms with Gasteiger partial charge in [0.25, 0.3) is 0 Å². The minimum Gasteiger partial charge on any atom is -0.477 e. The van der Waals surface area contributed by atoms with Crippen LogP contribution < -0.4 is 16.9 Å². The molecule has 13 heavy (non-hydrogen) atoms. The Hall–Kier alpha value is -2.12. The highest BCUT2D eigenvalue weighted by atomic mass is 16.4. The molecule has 0 spiro atoms. The van der Waals surface area contributed by atoms with Crippen LogP contribution in [0.5, 0.6) is 0 Å². The molecule has 0 radical (unpaired) electrons. The summed E-state index contributed by atoms with van der Waals surface area (Å²) >= 11 is 0. The van der Waals surface area contributed by atoms with Gasteiger partial charge in [-0.05, 0) is 6.92 Å². The molecular formula is C5H9N5O3. The molecule has 6 N–H and O–H groups in total. The first kappa shape index (κ1) is 10.9. The average Bonchev–Trinajstić information content (AvgIpc) is 1.98. The van der Waals surface area contributed by atoms with Gasteiger partial charge in [-0.3, -0.25) is 0 Å². The zero-order chi connectivity index (χ0) is 10.4. The smallest absolute Gasteiger partial charge is 0.364 e. The number of guanidine groups is 1. The van der Waals surface area contributed by atoms with Gasteiger partial charge in [-0.25, -0.2) is 15.0 Å². The van der Waals surface area contributed by atoms with Gasteiger partial charge < -0.3 is 16.6 Å². The summed E-state index contributed by atoms with van der Waals surface area (Å²) in [6, 6.07) is -0.930. The molecule has 8 heteroatoms. The number of hydrogen-bond donors (Lipinski definition) is 4. The van der Waals surface area contributed by atoms with Gasteiger partial charge >= 0.3 is 12.0 Å². The molecule has 0 aromatic rings. The first-order valence-electron chi connectivity index (χ1n) is 3.10. The molecule has 8 nitrogen and oxygen atoms in total. The molecule has 0 atom stereocenters. The average molecular weight is 187 g/mol. The molecule has 0 aromatic carbocycles. The third-order valence-corrected chi connectivity index (χ3v) is 0.859. The summed E-state index contributed by atoms with van der Waals surface area (Å²) in [6.07, 6.45) is 0. The Kier molecular flexibility index (Phi) is 3.93. The number of nitrogens with one attached hydrogen (secondary N) is 1. The highest BCUT2D eigenvalue weighted by Crippen LogP contribution is 1.77. The Morgan fingerprint density at radius 2 is 1.92 bits per heavy atom. The largest absolute Gasteiger partial charge is 0.477 e. The lowest BCUT2D eigenvalue weighted by atomic mass is 10.4. The van der Waals surface area contributed by atoms with Crippen molar-refractivity contribution in [2.24, 2.45) is 21.6 Å². The number of carboxylic acid groups (broad SMARTS) is 1. The van der Waals surface area contributed by atoms with E-state index in [1.54, 1.807) is 0 Å². The van der Waals surface area contributed by atoms with Crippen LogP contribution in [0.25, 0.3) is 0 Å². The number of nitrogens with two attached hydrogens (primary N) is 2. The molecule has 0 aliphatic carbocycles. The molecule has 0 fully saturated rings. The lowest BCUT2D eigenvalue weighted by Gasteiger charge is -1.94. The van der Waals surface area contributed by atoms with E-state index < -0.39 is 18.0 Å². The summed E-state index contributed by atoms with van der Waals surface area (Å²) < 4.78 is 0. The monoisotopic (exact) mass is 187 g/mol. The number of carbonyl (C=O) groups excluding carboxylic acids is 1. The second-order valence-corrected chi connectivity index (χ2v) is 1.96. The number of carbonyl (C=O) groups is 2. The summed E-state index contributed by atoms with van der Waals surface area (Å²) in [4.78, 5) is 23.8. The van der Waals surface area contributed by atoms with E-state index in [2.05, 4.69) is 10.1 Å². The maximum absolute atomic E-state index is 10.6. The van der Waals surface area contributed by atoms with Crippen molar-refractivity contribution in [2.45, 2.75) is 6.92 Å². The number of hydrogen-bond acceptors (Lipinski definition) is 3. The van der Waals surface area contributed by atoms with Gasteiger partial charge in [-0.15, -0.1) is 0 Å². The Morgan fingerprint density at radius 3 is 2.31 bits per heavy atom. The second-order valence-electron chi connectivity index (χ2n) is 1.96. The van der Waals surface area contributed by atoms with Crippen LogP contribution in [0.1, 0.15) is 6.92 Å². The number of aliphatic imine (C=N–C) groups is 1. The van der Waals surface area contributed by atoms with Gasteiger partial charge in [0.05, 0.1) is 0 Å². The van der Waals surface area contributed by atoms with Gasteiger partial charge in [-0.2, -0.15) is 10.1 Å². The highest BCUT2D eigenvalue weighted by Gasteiger charge is 2.02. The van der Waals surface area contributed by atoms with E-state index in [1.165, 1.54) is 6.92 Å². The number of urea groups is 1. The molecule has 0 bridgehead atoms. The SMILES string of the molecule is C/C(=N\NC(=O)N=C(N)N)C(=O)O. The van der Waals surface area contributed by atoms with Crippen LogP contribution in [-0.4, -0.2) is 28.8 Å². The van der Waals surface area contributed by atoms with E-state index in [4.69, 9.17) is 16.6 Å². The maximum Gasteiger partial charge on any atom is 0.364 e. The third kappa shape index (κ3) is 5.18. The zero-order valence-electron chi connectivity index (χ0n) is 6.81. The number of hydrazone groups is 1. The summed E-state index contributed by atoms with van der Waals surface area (Å²) in [5.74, 6) is -1.68. The Labute approximate surface area is 73.3 Å². The number of rotatable bonds is 2. The van der Waals surface area contributed by atoms with Crippen molar-refractivity contribution in [1.29, 1.82) is 0 Å². The quantitative estimate of drug-likeness (QED) is 0.234. The first-order valence-corrected chi connectivity index (χ1v) is 3.10. The molecular weight excluding hydrogens is 178 g/mol. The molecule has 0 rings (SSSR count). The fraction of sp³-hybridized carbons (Fsp3) is 0.200. The van der Waals surface area contributed by atoms with Crippen LogP contribution in [-0.2, 0) is 4.79 Å². The van der Waals surface area contributed by atoms with Crippen molar-refractivity contribution in [3.63, 3.8) is 0 Å². The predicted molar refractivity (Wildman–Crippen MR) is 45.1 cm³/mol. The summed E-state index contributed by atoms with van der Waals surface area (Å²) in [5, 5.41) is 11.5. The zero-order valence-corrected chi connectivity index (χ0v) is 6.81. The van der Waals surface area contributed by atoms with Crippen molar-refractivity contribution in [1.82, 2.24) is 5.43 Å². The molecule has 0 aliphatic rings. The first-order chi connectivity index (χ1) is 5.93. The van der Waals surface area contributed by atoms with Crippen LogP contribution in [0.4, 0.5) is 4.79 Å². The molecule has 0 aliphatic heterocycles. The van der Waals surface area contributed by atoms with Crippen molar-refractivity contribution >= 4 is 23.7 Å². The van der Waals surface area contributed by atoms with Crippen LogP contribution in [0.3, 0.4) is 0 Å². The van der Waals surface area contributed by atoms with Gasteiger partial charge in [-0.1, -0.05) is 0 Å². The molecule has 72 valence electrons. The van der Waals surface area contributed by atoms with Crippen molar-refractivity contribution in [2.75, 3.05) is 0 Å². The van der Waals surface area contributed by atoms with E-state index in [1.807, 2.05) is 5.43 Å². The predicted octanol–water partition coefficient (Wildman–Crippen LogP) is -1.57. The molecule has 0 unspecified atom stereocenters. The maximum atomic E-state index is 10.6. The summed E-state index contributed by atoms with van der Waals surface area (Å²) in [7, 11) is 0. The fourth-order valence-electron chi connectivity index (χ4n) is 0.322. The van der Waals surface area contributed by atoms with Gasteiger partial charge in [0.1, 0.15) is 5.71 Å². The number of amides is 2. The van der Waals surface area contributed by atoms with Crippen molar-refractivity contribution in [3.8, 4) is 0 Å². The molecule has 0 aromatic heterocycles. The van der Waals surface area contributed by atoms with E-state index >= 15 is 0 Å². The van der Waals surface area contributed by atoms with E-state index in [0.29, 0.717) is 0 Å². The minimum absolute atomic E-state index is 0.279. The van der Waals surface area contributed by atoms with Crippen molar-refractivity contribution in [3.05, 3.63) is 0 Å². The van der Waals surface area contributed by atoms with Gasteiger partial charge in [0.2, 0.25) is 0 Å². The van der Waals surface area contributed by atoms with E-state index in [-0.39, 0.29) is 5.71 Å². The Balaban J connectivity index is 4.18. The lowest BCUT2D eigenvalue weighted by molar-refractivity contribution is -0.129. The molecule has 2 amide bonds. The van der Waals surface area contributed by atoms with Gasteiger partial charge in [0, 0.05) is 0 Å². The van der Waals surface area contributed by atoms with Crippen LogP contribution in [0.2, 0.25) is 0 Å². The van der Waals surface area contributed by atoms with E-state index in [0.717, 1.165) is 0 Å². The van der Waals surface area contributed by atoms with Crippen LogP contribution in [0.15, 0.2) is 10.1 Å². The topological polar surface area (TPSA) is 143 Å².